The molecule has 90 valence electrons. The number of thioether (sulfide) groups is 1. The van der Waals surface area contributed by atoms with E-state index in [0.29, 0.717) is 12.3 Å². The second-order valence-electron chi connectivity index (χ2n) is 4.13. The van der Waals surface area contributed by atoms with Crippen molar-refractivity contribution in [1.82, 2.24) is 0 Å². The van der Waals surface area contributed by atoms with Gasteiger partial charge >= 0.3 is 0 Å². The Morgan fingerprint density at radius 2 is 2.24 bits per heavy atom. The van der Waals surface area contributed by atoms with Gasteiger partial charge in [0.15, 0.2) is 5.78 Å². The molecule has 0 N–H and O–H groups in total. The minimum atomic E-state index is -0.489. The highest BCUT2D eigenvalue weighted by Gasteiger charge is 2.24. The zero-order chi connectivity index (χ0) is 12.3. The molecule has 1 atom stereocenters. The van der Waals surface area contributed by atoms with Gasteiger partial charge < -0.3 is 0 Å². The monoisotopic (exact) mass is 251 g/mol. The molecular weight excluding hydrogens is 238 g/mol. The average molecular weight is 251 g/mol. The minimum absolute atomic E-state index is 0.0804. The molecule has 1 aromatic rings. The number of nitro benzene ring substituents is 1. The summed E-state index contributed by atoms with van der Waals surface area (Å²) in [6.07, 6.45) is 1.47. The summed E-state index contributed by atoms with van der Waals surface area (Å²) in [4.78, 5) is 22.3. The first-order valence-corrected chi connectivity index (χ1v) is 6.68. The van der Waals surface area contributed by atoms with Crippen LogP contribution in [0.3, 0.4) is 0 Å². The fourth-order valence-corrected chi connectivity index (χ4v) is 3.27. The van der Waals surface area contributed by atoms with E-state index in [4.69, 9.17) is 0 Å². The summed E-state index contributed by atoms with van der Waals surface area (Å²) in [6.45, 7) is 0. The van der Waals surface area contributed by atoms with Gasteiger partial charge in [0.25, 0.3) is 5.69 Å². The zero-order valence-corrected chi connectivity index (χ0v) is 10.1. The molecule has 1 heterocycles. The van der Waals surface area contributed by atoms with Crippen molar-refractivity contribution in [1.29, 1.82) is 0 Å². The number of carbonyl (C=O) groups is 1. The van der Waals surface area contributed by atoms with E-state index in [9.17, 15) is 14.9 Å². The van der Waals surface area contributed by atoms with Crippen LogP contribution in [0.2, 0.25) is 0 Å². The van der Waals surface area contributed by atoms with Crippen LogP contribution in [0.1, 0.15) is 23.2 Å². The van der Waals surface area contributed by atoms with E-state index in [1.807, 2.05) is 11.8 Å². The summed E-state index contributed by atoms with van der Waals surface area (Å²) in [5.74, 6) is 2.36. The Kier molecular flexibility index (Phi) is 3.78. The summed E-state index contributed by atoms with van der Waals surface area (Å²) in [6, 6.07) is 6.18. The van der Waals surface area contributed by atoms with Crippen LogP contribution in [0.5, 0.6) is 0 Å². The van der Waals surface area contributed by atoms with Crippen molar-refractivity contribution in [2.75, 3.05) is 11.5 Å². The summed E-state index contributed by atoms with van der Waals surface area (Å²) in [7, 11) is 0. The number of benzene rings is 1. The molecule has 4 nitrogen and oxygen atoms in total. The van der Waals surface area contributed by atoms with Crippen LogP contribution in [0, 0.1) is 16.0 Å². The Hall–Kier alpha value is -1.36. The lowest BCUT2D eigenvalue weighted by molar-refractivity contribution is -0.385. The van der Waals surface area contributed by atoms with Crippen molar-refractivity contribution in [3.63, 3.8) is 0 Å². The molecule has 1 aliphatic heterocycles. The van der Waals surface area contributed by atoms with E-state index < -0.39 is 4.92 Å². The fraction of sp³-hybridized carbons (Fsp3) is 0.417. The molecule has 0 spiro atoms. The van der Waals surface area contributed by atoms with E-state index in [1.54, 1.807) is 18.2 Å². The highest BCUT2D eigenvalue weighted by molar-refractivity contribution is 7.99. The van der Waals surface area contributed by atoms with Crippen molar-refractivity contribution in [3.05, 3.63) is 39.9 Å². The molecule has 1 unspecified atom stereocenters. The summed E-state index contributed by atoms with van der Waals surface area (Å²) >= 11 is 1.84. The maximum atomic E-state index is 12.0. The fourth-order valence-electron chi connectivity index (χ4n) is 1.99. The first-order chi connectivity index (χ1) is 8.18. The quantitative estimate of drug-likeness (QED) is 0.469. The van der Waals surface area contributed by atoms with E-state index in [2.05, 4.69) is 0 Å². The number of hydrogen-bond donors (Lipinski definition) is 0. The molecule has 1 aliphatic rings. The molecule has 0 saturated carbocycles. The van der Waals surface area contributed by atoms with Gasteiger partial charge in [-0.15, -0.1) is 0 Å². The van der Waals surface area contributed by atoms with Crippen molar-refractivity contribution >= 4 is 23.2 Å². The van der Waals surface area contributed by atoms with Gasteiger partial charge in [0.2, 0.25) is 0 Å². The van der Waals surface area contributed by atoms with Gasteiger partial charge in [-0.3, -0.25) is 14.9 Å². The molecule has 1 aromatic carbocycles. The maximum Gasteiger partial charge on any atom is 0.280 e. The largest absolute Gasteiger partial charge is 0.294 e. The van der Waals surface area contributed by atoms with Crippen LogP contribution < -0.4 is 0 Å². The molecule has 1 fully saturated rings. The summed E-state index contributed by atoms with van der Waals surface area (Å²) in [5.41, 5.74) is 0.164. The number of nitro groups is 1. The van der Waals surface area contributed by atoms with Crippen LogP contribution in [-0.4, -0.2) is 22.2 Å². The lowest BCUT2D eigenvalue weighted by atomic mass is 9.97. The van der Waals surface area contributed by atoms with Crippen molar-refractivity contribution in [2.24, 2.45) is 5.92 Å². The Labute approximate surface area is 104 Å². The number of nitrogens with zero attached hydrogens (tertiary/aromatic N) is 1. The van der Waals surface area contributed by atoms with E-state index in [1.165, 1.54) is 6.07 Å². The molecule has 5 heteroatoms. The van der Waals surface area contributed by atoms with Crippen molar-refractivity contribution in [2.45, 2.75) is 12.8 Å². The highest BCUT2D eigenvalue weighted by atomic mass is 32.2. The predicted octanol–water partition coefficient (Wildman–Crippen LogP) is 2.92. The van der Waals surface area contributed by atoms with Crippen molar-refractivity contribution < 1.29 is 9.72 Å². The average Bonchev–Trinajstić information content (AvgIpc) is 2.81. The number of carbonyl (C=O) groups excluding carboxylic acids is 1. The molecular formula is C12H13NO3S. The Morgan fingerprint density at radius 1 is 1.47 bits per heavy atom. The minimum Gasteiger partial charge on any atom is -0.294 e. The third-order valence-corrected chi connectivity index (χ3v) is 4.13. The zero-order valence-electron chi connectivity index (χ0n) is 9.30. The Balaban J connectivity index is 2.15. The van der Waals surface area contributed by atoms with Gasteiger partial charge in [0.1, 0.15) is 0 Å². The van der Waals surface area contributed by atoms with Gasteiger partial charge in [-0.1, -0.05) is 12.1 Å². The molecule has 0 aromatic heterocycles. The predicted molar refractivity (Wildman–Crippen MR) is 67.5 cm³/mol. The molecule has 0 radical (unpaired) electrons. The van der Waals surface area contributed by atoms with Crippen LogP contribution in [0.15, 0.2) is 24.3 Å². The number of ketones is 1. The smallest absolute Gasteiger partial charge is 0.280 e. The topological polar surface area (TPSA) is 60.2 Å². The molecule has 0 bridgehead atoms. The summed E-state index contributed by atoms with van der Waals surface area (Å²) in [5, 5.41) is 10.8. The van der Waals surface area contributed by atoms with Crippen LogP contribution in [0.4, 0.5) is 5.69 Å². The summed E-state index contributed by atoms with van der Waals surface area (Å²) < 4.78 is 0. The second kappa shape index (κ2) is 5.31. The lowest BCUT2D eigenvalue weighted by Crippen LogP contribution is -2.10. The highest BCUT2D eigenvalue weighted by Crippen LogP contribution is 2.29. The first-order valence-electron chi connectivity index (χ1n) is 5.53. The van der Waals surface area contributed by atoms with Gasteiger partial charge in [-0.25, -0.2) is 0 Å². The van der Waals surface area contributed by atoms with E-state index >= 15 is 0 Å². The molecule has 1 saturated heterocycles. The van der Waals surface area contributed by atoms with Crippen LogP contribution in [0.25, 0.3) is 0 Å². The van der Waals surface area contributed by atoms with Crippen LogP contribution in [-0.2, 0) is 0 Å². The third kappa shape index (κ3) is 2.85. The van der Waals surface area contributed by atoms with E-state index in [0.717, 1.165) is 17.9 Å². The van der Waals surface area contributed by atoms with Gasteiger partial charge in [0.05, 0.1) is 10.5 Å². The van der Waals surface area contributed by atoms with Crippen molar-refractivity contribution in [3.8, 4) is 0 Å². The number of hydrogen-bond acceptors (Lipinski definition) is 4. The Morgan fingerprint density at radius 3 is 2.88 bits per heavy atom. The first kappa shape index (κ1) is 12.1. The molecule has 0 aliphatic carbocycles. The maximum absolute atomic E-state index is 12.0. The van der Waals surface area contributed by atoms with Crippen LogP contribution >= 0.6 is 11.8 Å². The second-order valence-corrected chi connectivity index (χ2v) is 5.28. The van der Waals surface area contributed by atoms with E-state index in [-0.39, 0.29) is 17.0 Å². The Bertz CT molecular complexity index is 441. The van der Waals surface area contributed by atoms with Gasteiger partial charge in [-0.05, 0) is 29.9 Å². The normalized spacial score (nSPS) is 19.2. The SMILES string of the molecule is O=C(CC1CCSC1)c1ccccc1[N+](=O)[O-]. The lowest BCUT2D eigenvalue weighted by Gasteiger charge is -2.07. The van der Waals surface area contributed by atoms with Gasteiger partial charge in [-0.2, -0.15) is 11.8 Å². The number of rotatable bonds is 4. The van der Waals surface area contributed by atoms with Gasteiger partial charge in [0, 0.05) is 12.5 Å². The standard InChI is InChI=1S/C12H13NO3S/c14-12(7-9-5-6-17-8-9)10-3-1-2-4-11(10)13(15)16/h1-4,9H,5-8H2. The molecule has 17 heavy (non-hydrogen) atoms. The third-order valence-electron chi connectivity index (χ3n) is 2.90. The molecule has 0 amide bonds. The number of Topliss-reactive ketones (excluding diaryl/α,β-unsaturated/α-hetero) is 1. The molecule has 2 rings (SSSR count). The number of para-hydroxylation sites is 1.